The Hall–Kier alpha value is -1.30. The summed E-state index contributed by atoms with van der Waals surface area (Å²) in [5.74, 6) is 0. The van der Waals surface area contributed by atoms with Crippen LogP contribution in [0.15, 0.2) is 29.8 Å². The highest BCUT2D eigenvalue weighted by Gasteiger charge is 2.19. The van der Waals surface area contributed by atoms with Crippen molar-refractivity contribution in [3.63, 3.8) is 0 Å². The minimum absolute atomic E-state index is 0.746. The molecule has 1 saturated heterocycles. The average Bonchev–Trinajstić information content (AvgIpc) is 2.98. The molecule has 0 amide bonds. The minimum atomic E-state index is 0.746. The van der Waals surface area contributed by atoms with E-state index in [9.17, 15) is 0 Å². The summed E-state index contributed by atoms with van der Waals surface area (Å²) < 4.78 is 0. The van der Waals surface area contributed by atoms with Crippen LogP contribution in [0, 0.1) is 0 Å². The maximum Gasteiger partial charge on any atom is 0.185 e. The molecular weight excluding hydrogens is 292 g/mol. The maximum absolute atomic E-state index is 6.04. The Morgan fingerprint density at radius 1 is 1.25 bits per heavy atom. The first-order valence-corrected chi connectivity index (χ1v) is 7.89. The monoisotopic (exact) mass is 308 g/mol. The summed E-state index contributed by atoms with van der Waals surface area (Å²) in [6.45, 7) is 4.91. The number of nitrogen functional groups attached to an aromatic ring is 1. The van der Waals surface area contributed by atoms with E-state index >= 15 is 0 Å². The first kappa shape index (κ1) is 13.7. The molecule has 1 fully saturated rings. The number of hydrogen-bond acceptors (Lipinski definition) is 5. The minimum Gasteiger partial charge on any atom is -0.398 e. The molecule has 0 aliphatic carbocycles. The van der Waals surface area contributed by atoms with Crippen molar-refractivity contribution in [2.24, 2.45) is 0 Å². The second-order valence-corrected chi connectivity index (χ2v) is 6.23. The molecular formula is C14H17ClN4S. The van der Waals surface area contributed by atoms with E-state index in [4.69, 9.17) is 17.3 Å². The number of benzene rings is 1. The lowest BCUT2D eigenvalue weighted by molar-refractivity contribution is 0.250. The molecule has 6 heteroatoms. The van der Waals surface area contributed by atoms with Crippen molar-refractivity contribution in [3.8, 4) is 0 Å². The zero-order chi connectivity index (χ0) is 13.9. The van der Waals surface area contributed by atoms with Crippen molar-refractivity contribution < 1.29 is 0 Å². The van der Waals surface area contributed by atoms with Gasteiger partial charge in [-0.1, -0.05) is 11.6 Å². The second kappa shape index (κ2) is 5.99. The number of thiazole rings is 1. The van der Waals surface area contributed by atoms with Crippen molar-refractivity contribution >= 4 is 33.8 Å². The zero-order valence-electron chi connectivity index (χ0n) is 11.1. The van der Waals surface area contributed by atoms with E-state index in [0.29, 0.717) is 0 Å². The molecule has 106 valence electrons. The molecule has 3 rings (SSSR count). The Morgan fingerprint density at radius 3 is 2.75 bits per heavy atom. The fourth-order valence-electron chi connectivity index (χ4n) is 2.42. The molecule has 1 aromatic heterocycles. The van der Waals surface area contributed by atoms with Gasteiger partial charge >= 0.3 is 0 Å². The molecule has 0 radical (unpaired) electrons. The molecule has 0 spiro atoms. The largest absolute Gasteiger partial charge is 0.398 e. The maximum atomic E-state index is 6.04. The van der Waals surface area contributed by atoms with Gasteiger partial charge in [0.05, 0.1) is 0 Å². The van der Waals surface area contributed by atoms with E-state index in [-0.39, 0.29) is 0 Å². The molecule has 4 nitrogen and oxygen atoms in total. The number of anilines is 2. The number of rotatable bonds is 3. The van der Waals surface area contributed by atoms with Crippen LogP contribution in [0.2, 0.25) is 5.02 Å². The SMILES string of the molecule is Nc1ccc(Cl)cc1CN1CCN(c2nccs2)CC1. The van der Waals surface area contributed by atoms with Gasteiger partial charge in [0.2, 0.25) is 0 Å². The number of nitrogens with two attached hydrogens (primary N) is 1. The molecule has 1 aliphatic rings. The normalized spacial score (nSPS) is 16.6. The number of piperazine rings is 1. The highest BCUT2D eigenvalue weighted by Crippen LogP contribution is 2.22. The predicted molar refractivity (Wildman–Crippen MR) is 85.5 cm³/mol. The number of nitrogens with zero attached hydrogens (tertiary/aromatic N) is 3. The molecule has 2 aromatic rings. The Morgan fingerprint density at radius 2 is 2.05 bits per heavy atom. The van der Waals surface area contributed by atoms with Crippen molar-refractivity contribution in [1.82, 2.24) is 9.88 Å². The topological polar surface area (TPSA) is 45.4 Å². The molecule has 0 atom stereocenters. The van der Waals surface area contributed by atoms with Crippen LogP contribution in [0.5, 0.6) is 0 Å². The average molecular weight is 309 g/mol. The van der Waals surface area contributed by atoms with Crippen molar-refractivity contribution in [2.45, 2.75) is 6.54 Å². The Kier molecular flexibility index (Phi) is 4.10. The van der Waals surface area contributed by atoms with Crippen LogP contribution in [0.4, 0.5) is 10.8 Å². The van der Waals surface area contributed by atoms with Crippen LogP contribution >= 0.6 is 22.9 Å². The van der Waals surface area contributed by atoms with E-state index in [1.165, 1.54) is 0 Å². The van der Waals surface area contributed by atoms with Crippen LogP contribution < -0.4 is 10.6 Å². The fourth-order valence-corrected chi connectivity index (χ4v) is 3.31. The zero-order valence-corrected chi connectivity index (χ0v) is 12.7. The standard InChI is InChI=1S/C14H17ClN4S/c15-12-1-2-13(16)11(9-12)10-18-4-6-19(7-5-18)14-17-3-8-20-14/h1-3,8-9H,4-7,10,16H2. The van der Waals surface area contributed by atoms with Crippen LogP contribution in [-0.4, -0.2) is 36.1 Å². The van der Waals surface area contributed by atoms with Crippen molar-refractivity contribution in [3.05, 3.63) is 40.4 Å². The number of aromatic nitrogens is 1. The summed E-state index contributed by atoms with van der Waals surface area (Å²) in [6.07, 6.45) is 1.86. The molecule has 0 bridgehead atoms. The number of halogens is 1. The molecule has 1 aromatic carbocycles. The van der Waals surface area contributed by atoms with Gasteiger partial charge in [-0.15, -0.1) is 11.3 Å². The van der Waals surface area contributed by atoms with Gasteiger partial charge in [0.1, 0.15) is 0 Å². The van der Waals surface area contributed by atoms with Crippen molar-refractivity contribution in [2.75, 3.05) is 36.8 Å². The summed E-state index contributed by atoms with van der Waals surface area (Å²) in [6, 6.07) is 5.67. The van der Waals surface area contributed by atoms with Gasteiger partial charge in [0.15, 0.2) is 5.13 Å². The Bertz CT molecular complexity index is 565. The summed E-state index contributed by atoms with van der Waals surface area (Å²) >= 11 is 7.73. The van der Waals surface area contributed by atoms with E-state index in [1.807, 2.05) is 29.8 Å². The molecule has 2 heterocycles. The van der Waals surface area contributed by atoms with Gasteiger partial charge in [-0.2, -0.15) is 0 Å². The van der Waals surface area contributed by atoms with Gasteiger partial charge in [-0.05, 0) is 23.8 Å². The lowest BCUT2D eigenvalue weighted by Crippen LogP contribution is -2.46. The molecule has 0 unspecified atom stereocenters. The highest BCUT2D eigenvalue weighted by molar-refractivity contribution is 7.13. The lowest BCUT2D eigenvalue weighted by atomic mass is 10.1. The van der Waals surface area contributed by atoms with Crippen LogP contribution in [0.1, 0.15) is 5.56 Å². The summed E-state index contributed by atoms with van der Waals surface area (Å²) in [7, 11) is 0. The van der Waals surface area contributed by atoms with Gasteiger partial charge in [-0.25, -0.2) is 4.98 Å². The summed E-state index contributed by atoms with van der Waals surface area (Å²) in [5, 5.41) is 3.89. The van der Waals surface area contributed by atoms with Crippen LogP contribution in [0.3, 0.4) is 0 Å². The quantitative estimate of drug-likeness (QED) is 0.886. The third kappa shape index (κ3) is 3.06. The second-order valence-electron chi connectivity index (χ2n) is 4.92. The van der Waals surface area contributed by atoms with Crippen LogP contribution in [0.25, 0.3) is 0 Å². The summed E-state index contributed by atoms with van der Waals surface area (Å²) in [4.78, 5) is 9.11. The van der Waals surface area contributed by atoms with E-state index in [2.05, 4.69) is 14.8 Å². The van der Waals surface area contributed by atoms with E-state index in [0.717, 1.165) is 54.1 Å². The molecule has 20 heavy (non-hydrogen) atoms. The highest BCUT2D eigenvalue weighted by atomic mass is 35.5. The molecule has 0 saturated carbocycles. The third-order valence-corrected chi connectivity index (χ3v) is 4.63. The smallest absolute Gasteiger partial charge is 0.185 e. The summed E-state index contributed by atoms with van der Waals surface area (Å²) in [5.41, 5.74) is 7.93. The van der Waals surface area contributed by atoms with Gasteiger partial charge < -0.3 is 10.6 Å². The lowest BCUT2D eigenvalue weighted by Gasteiger charge is -2.34. The fraction of sp³-hybridized carbons (Fsp3) is 0.357. The van der Waals surface area contributed by atoms with Crippen molar-refractivity contribution in [1.29, 1.82) is 0 Å². The Balaban J connectivity index is 1.60. The number of hydrogen-bond donors (Lipinski definition) is 1. The van der Waals surface area contributed by atoms with E-state index < -0.39 is 0 Å². The van der Waals surface area contributed by atoms with Crippen LogP contribution in [-0.2, 0) is 6.54 Å². The molecule has 2 N–H and O–H groups in total. The molecule has 1 aliphatic heterocycles. The van der Waals surface area contributed by atoms with Gasteiger partial charge in [-0.3, -0.25) is 4.90 Å². The van der Waals surface area contributed by atoms with E-state index in [1.54, 1.807) is 11.3 Å². The van der Waals surface area contributed by atoms with Gasteiger partial charge in [0.25, 0.3) is 0 Å². The first-order valence-electron chi connectivity index (χ1n) is 6.63. The Labute approximate surface area is 127 Å². The third-order valence-electron chi connectivity index (χ3n) is 3.56. The first-order chi connectivity index (χ1) is 9.72. The predicted octanol–water partition coefficient (Wildman–Crippen LogP) is 2.70. The van der Waals surface area contributed by atoms with Gasteiger partial charge in [0, 0.05) is 55.0 Å².